The van der Waals surface area contributed by atoms with E-state index in [4.69, 9.17) is 9.47 Å². The topological polar surface area (TPSA) is 42.0 Å². The largest absolute Gasteiger partial charge is 0.461 e. The summed E-state index contributed by atoms with van der Waals surface area (Å²) in [5.41, 5.74) is 0. The van der Waals surface area contributed by atoms with Crippen LogP contribution in [0, 0.1) is 0 Å². The first-order valence-corrected chi connectivity index (χ1v) is 6.95. The lowest BCUT2D eigenvalue weighted by Gasteiger charge is -2.36. The van der Waals surface area contributed by atoms with Crippen LogP contribution in [0.5, 0.6) is 0 Å². The minimum absolute atomic E-state index is 0.00552. The maximum Gasteiger partial charge on any atom is 0.323 e. The number of carbonyl (C=O) groups is 1. The molecule has 18 heavy (non-hydrogen) atoms. The molecule has 2 rings (SSSR count). The molecule has 0 radical (unpaired) electrons. The molecule has 5 heteroatoms. The second-order valence-corrected chi connectivity index (χ2v) is 5.07. The highest BCUT2D eigenvalue weighted by atomic mass is 16.6. The number of cyclic esters (lactones) is 1. The quantitative estimate of drug-likeness (QED) is 0.524. The Morgan fingerprint density at radius 2 is 2.06 bits per heavy atom. The van der Waals surface area contributed by atoms with E-state index < -0.39 is 0 Å². The van der Waals surface area contributed by atoms with Crippen LogP contribution in [-0.4, -0.2) is 73.9 Å². The standard InChI is InChI=1S/C13H24N2O3/c1-3-17-9-8-14-4-6-15(7-5-14)12-10-11(2)18-13(12)16/h11-12H,3-10H2,1-2H3/t11-,12-/m0/s1. The number of hydrogen-bond donors (Lipinski definition) is 0. The van der Waals surface area contributed by atoms with Gasteiger partial charge in [0.2, 0.25) is 0 Å². The SMILES string of the molecule is CCOCCN1CCN([C@H]2C[C@H](C)OC2=O)CC1. The van der Waals surface area contributed by atoms with Crippen molar-refractivity contribution in [3.63, 3.8) is 0 Å². The summed E-state index contributed by atoms with van der Waals surface area (Å²) in [4.78, 5) is 16.3. The van der Waals surface area contributed by atoms with Gasteiger partial charge in [-0.1, -0.05) is 0 Å². The summed E-state index contributed by atoms with van der Waals surface area (Å²) in [5.74, 6) is -0.0368. The Hall–Kier alpha value is -0.650. The Morgan fingerprint density at radius 3 is 2.61 bits per heavy atom. The molecule has 0 amide bonds. The number of carbonyl (C=O) groups excluding carboxylic acids is 1. The molecule has 0 aromatic carbocycles. The van der Waals surface area contributed by atoms with Gasteiger partial charge in [0.25, 0.3) is 0 Å². The fraction of sp³-hybridized carbons (Fsp3) is 0.923. The van der Waals surface area contributed by atoms with Crippen molar-refractivity contribution in [3.05, 3.63) is 0 Å². The molecule has 2 atom stereocenters. The molecule has 2 aliphatic heterocycles. The molecule has 2 aliphatic rings. The van der Waals surface area contributed by atoms with Gasteiger partial charge in [0, 0.05) is 45.8 Å². The predicted molar refractivity (Wildman–Crippen MR) is 68.5 cm³/mol. The van der Waals surface area contributed by atoms with E-state index in [1.54, 1.807) is 0 Å². The lowest BCUT2D eigenvalue weighted by atomic mass is 10.1. The van der Waals surface area contributed by atoms with Crippen LogP contribution in [0.1, 0.15) is 20.3 Å². The molecule has 0 aromatic heterocycles. The highest BCUT2D eigenvalue weighted by Gasteiger charge is 2.37. The minimum atomic E-state index is -0.0368. The van der Waals surface area contributed by atoms with Gasteiger partial charge in [-0.2, -0.15) is 0 Å². The predicted octanol–water partition coefficient (Wildman–Crippen LogP) is 0.345. The average molecular weight is 256 g/mol. The molecule has 0 spiro atoms. The first kappa shape index (κ1) is 13.8. The van der Waals surface area contributed by atoms with Gasteiger partial charge >= 0.3 is 5.97 Å². The molecule has 0 aromatic rings. The lowest BCUT2D eigenvalue weighted by molar-refractivity contribution is -0.145. The Bertz CT molecular complexity index is 277. The number of ether oxygens (including phenoxy) is 2. The average Bonchev–Trinajstić information content (AvgIpc) is 2.70. The second-order valence-electron chi connectivity index (χ2n) is 5.07. The van der Waals surface area contributed by atoms with E-state index in [0.29, 0.717) is 0 Å². The molecule has 0 unspecified atom stereocenters. The molecule has 5 nitrogen and oxygen atoms in total. The van der Waals surface area contributed by atoms with E-state index in [2.05, 4.69) is 9.80 Å². The van der Waals surface area contributed by atoms with Gasteiger partial charge in [-0.25, -0.2) is 0 Å². The van der Waals surface area contributed by atoms with Crippen LogP contribution in [0.25, 0.3) is 0 Å². The zero-order valence-electron chi connectivity index (χ0n) is 11.4. The summed E-state index contributed by atoms with van der Waals surface area (Å²) >= 11 is 0. The summed E-state index contributed by atoms with van der Waals surface area (Å²) in [6.45, 7) is 10.5. The third kappa shape index (κ3) is 3.43. The van der Waals surface area contributed by atoms with Crippen molar-refractivity contribution < 1.29 is 14.3 Å². The number of piperazine rings is 1. The van der Waals surface area contributed by atoms with Crippen molar-refractivity contribution in [1.82, 2.24) is 9.80 Å². The monoisotopic (exact) mass is 256 g/mol. The smallest absolute Gasteiger partial charge is 0.323 e. The van der Waals surface area contributed by atoms with Gasteiger partial charge in [0.15, 0.2) is 0 Å². The van der Waals surface area contributed by atoms with Crippen LogP contribution in [0.3, 0.4) is 0 Å². The maximum absolute atomic E-state index is 11.7. The van der Waals surface area contributed by atoms with Crippen LogP contribution < -0.4 is 0 Å². The molecule has 0 saturated carbocycles. The fourth-order valence-corrected chi connectivity index (χ4v) is 2.67. The van der Waals surface area contributed by atoms with E-state index in [9.17, 15) is 4.79 Å². The van der Waals surface area contributed by atoms with Crippen molar-refractivity contribution in [3.8, 4) is 0 Å². The van der Waals surface area contributed by atoms with Crippen LogP contribution in [0.2, 0.25) is 0 Å². The van der Waals surface area contributed by atoms with Crippen molar-refractivity contribution in [1.29, 1.82) is 0 Å². The summed E-state index contributed by atoms with van der Waals surface area (Å²) in [6.07, 6.45) is 0.927. The van der Waals surface area contributed by atoms with Gasteiger partial charge in [-0.15, -0.1) is 0 Å². The Kier molecular flexibility index (Phi) is 4.97. The van der Waals surface area contributed by atoms with Gasteiger partial charge < -0.3 is 9.47 Å². The van der Waals surface area contributed by atoms with Crippen molar-refractivity contribution >= 4 is 5.97 Å². The molecular formula is C13H24N2O3. The number of esters is 1. The van der Waals surface area contributed by atoms with Crippen LogP contribution in [0.4, 0.5) is 0 Å². The lowest BCUT2D eigenvalue weighted by Crippen LogP contribution is -2.52. The molecule has 0 N–H and O–H groups in total. The summed E-state index contributed by atoms with van der Waals surface area (Å²) in [6, 6.07) is -0.00552. The van der Waals surface area contributed by atoms with E-state index in [1.807, 2.05) is 13.8 Å². The molecular weight excluding hydrogens is 232 g/mol. The van der Waals surface area contributed by atoms with Crippen LogP contribution >= 0.6 is 0 Å². The van der Waals surface area contributed by atoms with Crippen LogP contribution in [-0.2, 0) is 14.3 Å². The third-order valence-electron chi connectivity index (χ3n) is 3.75. The first-order chi connectivity index (χ1) is 8.70. The molecule has 2 saturated heterocycles. The van der Waals surface area contributed by atoms with E-state index in [1.165, 1.54) is 0 Å². The molecule has 2 fully saturated rings. The van der Waals surface area contributed by atoms with Gasteiger partial charge in [-0.3, -0.25) is 14.6 Å². The first-order valence-electron chi connectivity index (χ1n) is 6.95. The van der Waals surface area contributed by atoms with E-state index in [0.717, 1.165) is 52.4 Å². The second kappa shape index (κ2) is 6.50. The van der Waals surface area contributed by atoms with Crippen molar-refractivity contribution in [2.45, 2.75) is 32.4 Å². The normalized spacial score (nSPS) is 30.7. The molecule has 0 bridgehead atoms. The number of hydrogen-bond acceptors (Lipinski definition) is 5. The van der Waals surface area contributed by atoms with E-state index >= 15 is 0 Å². The third-order valence-corrected chi connectivity index (χ3v) is 3.75. The molecule has 0 aliphatic carbocycles. The van der Waals surface area contributed by atoms with E-state index in [-0.39, 0.29) is 18.1 Å². The summed E-state index contributed by atoms with van der Waals surface area (Å²) in [5, 5.41) is 0. The van der Waals surface area contributed by atoms with Gasteiger partial charge in [0.05, 0.1) is 6.61 Å². The molecule has 104 valence electrons. The highest BCUT2D eigenvalue weighted by Crippen LogP contribution is 2.20. The van der Waals surface area contributed by atoms with Crippen molar-refractivity contribution in [2.75, 3.05) is 45.9 Å². The summed E-state index contributed by atoms with van der Waals surface area (Å²) in [7, 11) is 0. The fourth-order valence-electron chi connectivity index (χ4n) is 2.67. The number of rotatable bonds is 5. The zero-order chi connectivity index (χ0) is 13.0. The number of nitrogens with zero attached hydrogens (tertiary/aromatic N) is 2. The van der Waals surface area contributed by atoms with Gasteiger partial charge in [0.1, 0.15) is 12.1 Å². The van der Waals surface area contributed by atoms with Crippen molar-refractivity contribution in [2.24, 2.45) is 0 Å². The Morgan fingerprint density at radius 1 is 1.33 bits per heavy atom. The highest BCUT2D eigenvalue weighted by molar-refractivity contribution is 5.78. The zero-order valence-corrected chi connectivity index (χ0v) is 11.4. The molecule has 2 heterocycles. The summed E-state index contributed by atoms with van der Waals surface area (Å²) < 4.78 is 10.6. The van der Waals surface area contributed by atoms with Crippen LogP contribution in [0.15, 0.2) is 0 Å². The maximum atomic E-state index is 11.7. The van der Waals surface area contributed by atoms with Gasteiger partial charge in [-0.05, 0) is 13.8 Å². The Balaban J connectivity index is 1.71. The Labute approximate surface area is 109 Å². The minimum Gasteiger partial charge on any atom is -0.461 e.